The normalized spacial score (nSPS) is 19.1. The number of sulfonamides is 1. The molecule has 0 saturated carbocycles. The zero-order valence-electron chi connectivity index (χ0n) is 17.3. The molecule has 0 radical (unpaired) electrons. The van der Waals surface area contributed by atoms with Crippen molar-refractivity contribution in [2.24, 2.45) is 5.92 Å². The third-order valence-corrected chi connectivity index (χ3v) is 7.66. The summed E-state index contributed by atoms with van der Waals surface area (Å²) in [5, 5.41) is 0. The first-order valence-corrected chi connectivity index (χ1v) is 11.6. The first-order valence-electron chi connectivity index (χ1n) is 10.1. The van der Waals surface area contributed by atoms with Gasteiger partial charge in [0.15, 0.2) is 6.29 Å². The SMILES string of the molecule is CCN(CC)S(=O)(=O)c1cc(C(=O)N2CCC(C3OCCO3)CC2)ccc1OC. The van der Waals surface area contributed by atoms with Gasteiger partial charge in [0.1, 0.15) is 10.6 Å². The molecule has 2 saturated heterocycles. The summed E-state index contributed by atoms with van der Waals surface area (Å²) in [4.78, 5) is 14.8. The predicted molar refractivity (Wildman–Crippen MR) is 107 cm³/mol. The average molecular weight is 427 g/mol. The zero-order chi connectivity index (χ0) is 21.0. The van der Waals surface area contributed by atoms with Crippen LogP contribution in [-0.4, -0.2) is 76.3 Å². The van der Waals surface area contributed by atoms with Gasteiger partial charge in [-0.15, -0.1) is 0 Å². The van der Waals surface area contributed by atoms with Crippen molar-refractivity contribution in [3.63, 3.8) is 0 Å². The Kier molecular flexibility index (Phi) is 7.15. The first-order chi connectivity index (χ1) is 13.9. The molecular weight excluding hydrogens is 396 g/mol. The highest BCUT2D eigenvalue weighted by Crippen LogP contribution is 2.30. The van der Waals surface area contributed by atoms with E-state index in [2.05, 4.69) is 0 Å². The van der Waals surface area contributed by atoms with Crippen LogP contribution in [0.5, 0.6) is 5.75 Å². The van der Waals surface area contributed by atoms with E-state index >= 15 is 0 Å². The van der Waals surface area contributed by atoms with Crippen molar-refractivity contribution < 1.29 is 27.4 Å². The number of carbonyl (C=O) groups excluding carboxylic acids is 1. The van der Waals surface area contributed by atoms with Crippen molar-refractivity contribution in [2.45, 2.75) is 37.9 Å². The molecule has 0 atom stereocenters. The van der Waals surface area contributed by atoms with Crippen molar-refractivity contribution in [3.05, 3.63) is 23.8 Å². The Balaban J connectivity index is 1.78. The topological polar surface area (TPSA) is 85.4 Å². The van der Waals surface area contributed by atoms with E-state index in [9.17, 15) is 13.2 Å². The van der Waals surface area contributed by atoms with Crippen LogP contribution in [0.3, 0.4) is 0 Å². The average Bonchev–Trinajstić information content (AvgIpc) is 3.28. The van der Waals surface area contributed by atoms with Gasteiger partial charge in [0.2, 0.25) is 10.0 Å². The van der Waals surface area contributed by atoms with E-state index in [0.29, 0.717) is 45.0 Å². The van der Waals surface area contributed by atoms with E-state index in [1.807, 2.05) is 0 Å². The summed E-state index contributed by atoms with van der Waals surface area (Å²) in [5.74, 6) is 0.356. The summed E-state index contributed by atoms with van der Waals surface area (Å²) in [7, 11) is -2.32. The molecule has 0 aromatic heterocycles. The molecule has 0 aliphatic carbocycles. The van der Waals surface area contributed by atoms with Gasteiger partial charge in [-0.3, -0.25) is 4.79 Å². The lowest BCUT2D eigenvalue weighted by Crippen LogP contribution is -2.41. The smallest absolute Gasteiger partial charge is 0.253 e. The lowest BCUT2D eigenvalue weighted by atomic mass is 9.95. The number of hydrogen-bond acceptors (Lipinski definition) is 6. The molecule has 0 spiro atoms. The molecule has 1 aromatic carbocycles. The summed E-state index contributed by atoms with van der Waals surface area (Å²) in [5.41, 5.74) is 0.350. The van der Waals surface area contributed by atoms with Crippen LogP contribution in [0.4, 0.5) is 0 Å². The number of nitrogens with zero attached hydrogens (tertiary/aromatic N) is 2. The molecule has 0 unspecified atom stereocenters. The van der Waals surface area contributed by atoms with Crippen LogP contribution in [0, 0.1) is 5.92 Å². The predicted octanol–water partition coefficient (Wildman–Crippen LogP) is 1.95. The van der Waals surface area contributed by atoms with Crippen LogP contribution in [0.25, 0.3) is 0 Å². The Morgan fingerprint density at radius 1 is 1.17 bits per heavy atom. The summed E-state index contributed by atoms with van der Waals surface area (Å²) < 4.78 is 43.8. The van der Waals surface area contributed by atoms with Crippen LogP contribution >= 0.6 is 0 Å². The molecule has 2 aliphatic rings. The maximum absolute atomic E-state index is 13.0. The molecule has 162 valence electrons. The minimum atomic E-state index is -3.75. The van der Waals surface area contributed by atoms with Crippen LogP contribution in [-0.2, 0) is 19.5 Å². The second-order valence-corrected chi connectivity index (χ2v) is 9.10. The number of benzene rings is 1. The van der Waals surface area contributed by atoms with Crippen molar-refractivity contribution in [1.82, 2.24) is 9.21 Å². The van der Waals surface area contributed by atoms with Crippen LogP contribution < -0.4 is 4.74 Å². The fourth-order valence-corrected chi connectivity index (χ4v) is 5.56. The molecule has 2 aliphatic heterocycles. The highest BCUT2D eigenvalue weighted by molar-refractivity contribution is 7.89. The van der Waals surface area contributed by atoms with E-state index in [0.717, 1.165) is 12.8 Å². The lowest BCUT2D eigenvalue weighted by molar-refractivity contribution is -0.0956. The molecular formula is C20H30N2O6S. The largest absolute Gasteiger partial charge is 0.495 e. The number of carbonyl (C=O) groups is 1. The Hall–Kier alpha value is -1.68. The van der Waals surface area contributed by atoms with Gasteiger partial charge in [0.05, 0.1) is 20.3 Å². The van der Waals surface area contributed by atoms with E-state index in [1.165, 1.54) is 17.5 Å². The van der Waals surface area contributed by atoms with Crippen molar-refractivity contribution in [2.75, 3.05) is 46.5 Å². The fraction of sp³-hybridized carbons (Fsp3) is 0.650. The number of hydrogen-bond donors (Lipinski definition) is 0. The molecule has 29 heavy (non-hydrogen) atoms. The summed E-state index contributed by atoms with van der Waals surface area (Å²) in [6.07, 6.45) is 1.44. The van der Waals surface area contributed by atoms with Gasteiger partial charge in [0.25, 0.3) is 5.91 Å². The first kappa shape index (κ1) is 22.0. The van der Waals surface area contributed by atoms with Gasteiger partial charge < -0.3 is 19.1 Å². The van der Waals surface area contributed by atoms with Gasteiger partial charge in [0, 0.05) is 37.7 Å². The zero-order valence-corrected chi connectivity index (χ0v) is 18.1. The maximum atomic E-state index is 13.0. The number of methoxy groups -OCH3 is 1. The second kappa shape index (κ2) is 9.42. The molecule has 9 heteroatoms. The molecule has 3 rings (SSSR count). The monoisotopic (exact) mass is 426 g/mol. The minimum absolute atomic E-state index is 0.0252. The van der Waals surface area contributed by atoms with Crippen LogP contribution in [0.15, 0.2) is 23.1 Å². The van der Waals surface area contributed by atoms with Gasteiger partial charge >= 0.3 is 0 Å². The molecule has 1 aromatic rings. The highest BCUT2D eigenvalue weighted by Gasteiger charge is 2.33. The molecule has 8 nitrogen and oxygen atoms in total. The third kappa shape index (κ3) is 4.58. The van der Waals surface area contributed by atoms with Crippen molar-refractivity contribution in [3.8, 4) is 5.75 Å². The van der Waals surface area contributed by atoms with Crippen molar-refractivity contribution >= 4 is 15.9 Å². The summed E-state index contributed by atoms with van der Waals surface area (Å²) in [6, 6.07) is 4.61. The third-order valence-electron chi connectivity index (χ3n) is 5.59. The van der Waals surface area contributed by atoms with Gasteiger partial charge in [-0.05, 0) is 31.0 Å². The minimum Gasteiger partial charge on any atom is -0.495 e. The Morgan fingerprint density at radius 2 is 1.79 bits per heavy atom. The standard InChI is InChI=1S/C20H30N2O6S/c1-4-22(5-2)29(24,25)18-14-16(6-7-17(18)26-3)19(23)21-10-8-15(9-11-21)20-27-12-13-28-20/h6-7,14-15,20H,4-5,8-13H2,1-3H3. The number of rotatable bonds is 7. The van der Waals surface area contributed by atoms with Crippen LogP contribution in [0.1, 0.15) is 37.0 Å². The summed E-state index contributed by atoms with van der Waals surface area (Å²) in [6.45, 7) is 6.69. The van der Waals surface area contributed by atoms with Crippen molar-refractivity contribution in [1.29, 1.82) is 0 Å². The van der Waals surface area contributed by atoms with Gasteiger partial charge in [-0.25, -0.2) is 8.42 Å². The number of amides is 1. The quantitative estimate of drug-likeness (QED) is 0.663. The summed E-state index contributed by atoms with van der Waals surface area (Å²) >= 11 is 0. The van der Waals surface area contributed by atoms with E-state index in [-0.39, 0.29) is 28.8 Å². The molecule has 2 heterocycles. The molecule has 0 N–H and O–H groups in total. The Morgan fingerprint density at radius 3 is 2.34 bits per heavy atom. The number of likely N-dealkylation sites (tertiary alicyclic amines) is 1. The fourth-order valence-electron chi connectivity index (χ4n) is 3.92. The highest BCUT2D eigenvalue weighted by atomic mass is 32.2. The second-order valence-electron chi connectivity index (χ2n) is 7.19. The molecule has 2 fully saturated rings. The van der Waals surface area contributed by atoms with E-state index in [4.69, 9.17) is 14.2 Å². The molecule has 1 amide bonds. The lowest BCUT2D eigenvalue weighted by Gasteiger charge is -2.34. The van der Waals surface area contributed by atoms with E-state index < -0.39 is 10.0 Å². The van der Waals surface area contributed by atoms with E-state index in [1.54, 1.807) is 30.9 Å². The number of piperidine rings is 1. The molecule has 0 bridgehead atoms. The van der Waals surface area contributed by atoms with Gasteiger partial charge in [-0.2, -0.15) is 4.31 Å². The number of ether oxygens (including phenoxy) is 3. The Bertz CT molecular complexity index is 810. The van der Waals surface area contributed by atoms with Crippen LogP contribution in [0.2, 0.25) is 0 Å². The Labute approximate surface area is 172 Å². The maximum Gasteiger partial charge on any atom is 0.253 e. The van der Waals surface area contributed by atoms with Gasteiger partial charge in [-0.1, -0.05) is 13.8 Å².